The Labute approximate surface area is 69.5 Å². The van der Waals surface area contributed by atoms with E-state index in [4.69, 9.17) is 4.74 Å². The Morgan fingerprint density at radius 1 is 1.27 bits per heavy atom. The Kier molecular flexibility index (Phi) is 2.90. The summed E-state index contributed by atoms with van der Waals surface area (Å²) in [4.78, 5) is 2.27. The number of nitrogens with zero attached hydrogens (tertiary/aromatic N) is 1. The van der Waals surface area contributed by atoms with Crippen LogP contribution in [0.25, 0.3) is 0 Å². The van der Waals surface area contributed by atoms with Crippen LogP contribution in [-0.4, -0.2) is 38.8 Å². The van der Waals surface area contributed by atoms with Crippen LogP contribution in [0, 0.1) is 5.41 Å². The van der Waals surface area contributed by atoms with Gasteiger partial charge in [0.1, 0.15) is 0 Å². The van der Waals surface area contributed by atoms with Crippen LogP contribution in [0.4, 0.5) is 0 Å². The maximum absolute atomic E-state index is 5.33. The van der Waals surface area contributed by atoms with Crippen LogP contribution in [0.15, 0.2) is 0 Å². The minimum atomic E-state index is 0.502. The van der Waals surface area contributed by atoms with Crippen molar-refractivity contribution in [3.8, 4) is 0 Å². The van der Waals surface area contributed by atoms with Gasteiger partial charge >= 0.3 is 0 Å². The molecule has 0 saturated carbocycles. The third-order valence-electron chi connectivity index (χ3n) is 2.40. The van der Waals surface area contributed by atoms with E-state index in [1.54, 1.807) is 0 Å². The summed E-state index contributed by atoms with van der Waals surface area (Å²) in [5.41, 5.74) is 0.502. The van der Waals surface area contributed by atoms with Gasteiger partial charge in [0.15, 0.2) is 0 Å². The molecule has 0 bridgehead atoms. The highest BCUT2D eigenvalue weighted by atomic mass is 16.5. The molecule has 0 aromatic carbocycles. The zero-order valence-corrected chi connectivity index (χ0v) is 7.89. The van der Waals surface area contributed by atoms with Crippen molar-refractivity contribution in [2.24, 2.45) is 5.41 Å². The Bertz CT molecular complexity index is 117. The van der Waals surface area contributed by atoms with E-state index in [0.717, 1.165) is 13.2 Å². The lowest BCUT2D eigenvalue weighted by Crippen LogP contribution is -2.36. The standard InChI is InChI=1S/C9H19NO/c1-9(8-10(2)3)4-6-11-7-5-9/h4-8H2,1-3H3. The topological polar surface area (TPSA) is 12.5 Å². The van der Waals surface area contributed by atoms with Crippen LogP contribution in [0.1, 0.15) is 19.8 Å². The number of rotatable bonds is 2. The van der Waals surface area contributed by atoms with Crippen LogP contribution >= 0.6 is 0 Å². The van der Waals surface area contributed by atoms with E-state index < -0.39 is 0 Å². The summed E-state index contributed by atoms with van der Waals surface area (Å²) in [7, 11) is 4.28. The van der Waals surface area contributed by atoms with Crippen molar-refractivity contribution in [2.75, 3.05) is 33.9 Å². The van der Waals surface area contributed by atoms with Crippen LogP contribution < -0.4 is 0 Å². The minimum absolute atomic E-state index is 0.502. The summed E-state index contributed by atoms with van der Waals surface area (Å²) in [5.74, 6) is 0. The molecular formula is C9H19NO. The maximum Gasteiger partial charge on any atom is 0.0471 e. The van der Waals surface area contributed by atoms with Crippen LogP contribution in [0.2, 0.25) is 0 Å². The molecule has 1 saturated heterocycles. The molecule has 0 unspecified atom stereocenters. The summed E-state index contributed by atoms with van der Waals surface area (Å²) >= 11 is 0. The normalized spacial score (nSPS) is 24.0. The summed E-state index contributed by atoms with van der Waals surface area (Å²) in [6.07, 6.45) is 2.43. The highest BCUT2D eigenvalue weighted by Gasteiger charge is 2.27. The average molecular weight is 157 g/mol. The molecule has 0 aliphatic carbocycles. The lowest BCUT2D eigenvalue weighted by atomic mass is 9.82. The summed E-state index contributed by atoms with van der Waals surface area (Å²) in [6, 6.07) is 0. The van der Waals surface area contributed by atoms with E-state index in [0.29, 0.717) is 5.41 Å². The average Bonchev–Trinajstić information content (AvgIpc) is 1.85. The molecular weight excluding hydrogens is 138 g/mol. The molecule has 2 nitrogen and oxygen atoms in total. The predicted octanol–water partition coefficient (Wildman–Crippen LogP) is 1.36. The highest BCUT2D eigenvalue weighted by Crippen LogP contribution is 2.29. The lowest BCUT2D eigenvalue weighted by Gasteiger charge is -2.35. The first kappa shape index (κ1) is 9.01. The van der Waals surface area contributed by atoms with Gasteiger partial charge in [-0.2, -0.15) is 0 Å². The minimum Gasteiger partial charge on any atom is -0.381 e. The number of hydrogen-bond donors (Lipinski definition) is 0. The first-order chi connectivity index (χ1) is 5.12. The van der Waals surface area contributed by atoms with E-state index in [-0.39, 0.29) is 0 Å². The van der Waals surface area contributed by atoms with Gasteiger partial charge in [-0.15, -0.1) is 0 Å². The zero-order chi connectivity index (χ0) is 8.32. The zero-order valence-electron chi connectivity index (χ0n) is 7.89. The van der Waals surface area contributed by atoms with Gasteiger partial charge in [0.2, 0.25) is 0 Å². The van der Waals surface area contributed by atoms with Crippen molar-refractivity contribution in [3.63, 3.8) is 0 Å². The maximum atomic E-state index is 5.33. The van der Waals surface area contributed by atoms with Gasteiger partial charge in [-0.05, 0) is 32.4 Å². The van der Waals surface area contributed by atoms with E-state index in [1.165, 1.54) is 19.4 Å². The molecule has 2 heteroatoms. The van der Waals surface area contributed by atoms with Gasteiger partial charge in [0.25, 0.3) is 0 Å². The molecule has 0 amide bonds. The summed E-state index contributed by atoms with van der Waals surface area (Å²) in [6.45, 7) is 5.44. The fraction of sp³-hybridized carbons (Fsp3) is 1.00. The second-order valence-corrected chi connectivity index (χ2v) is 4.16. The molecule has 66 valence electrons. The third-order valence-corrected chi connectivity index (χ3v) is 2.40. The Balaban J connectivity index is 2.37. The van der Waals surface area contributed by atoms with E-state index in [1.807, 2.05) is 0 Å². The molecule has 0 aromatic rings. The molecule has 1 aliphatic rings. The molecule has 0 spiro atoms. The van der Waals surface area contributed by atoms with Crippen LogP contribution in [0.5, 0.6) is 0 Å². The Hall–Kier alpha value is -0.0800. The van der Waals surface area contributed by atoms with Crippen molar-refractivity contribution in [1.82, 2.24) is 4.90 Å². The summed E-state index contributed by atoms with van der Waals surface area (Å²) in [5, 5.41) is 0. The van der Waals surface area contributed by atoms with Gasteiger partial charge in [-0.25, -0.2) is 0 Å². The number of hydrogen-bond acceptors (Lipinski definition) is 2. The van der Waals surface area contributed by atoms with Crippen molar-refractivity contribution >= 4 is 0 Å². The van der Waals surface area contributed by atoms with Gasteiger partial charge in [-0.3, -0.25) is 0 Å². The van der Waals surface area contributed by atoms with Crippen molar-refractivity contribution in [3.05, 3.63) is 0 Å². The summed E-state index contributed by atoms with van der Waals surface area (Å²) < 4.78 is 5.33. The Morgan fingerprint density at radius 2 is 1.82 bits per heavy atom. The van der Waals surface area contributed by atoms with Gasteiger partial charge in [0, 0.05) is 19.8 Å². The molecule has 1 rings (SSSR count). The molecule has 1 fully saturated rings. The molecule has 0 aromatic heterocycles. The monoisotopic (exact) mass is 157 g/mol. The number of ether oxygens (including phenoxy) is 1. The SMILES string of the molecule is CN(C)CC1(C)CCOCC1. The molecule has 11 heavy (non-hydrogen) atoms. The quantitative estimate of drug-likeness (QED) is 0.600. The van der Waals surface area contributed by atoms with Crippen molar-refractivity contribution < 1.29 is 4.74 Å². The first-order valence-corrected chi connectivity index (χ1v) is 4.35. The second-order valence-electron chi connectivity index (χ2n) is 4.16. The lowest BCUT2D eigenvalue weighted by molar-refractivity contribution is 0.0121. The van der Waals surface area contributed by atoms with Crippen LogP contribution in [0.3, 0.4) is 0 Å². The molecule has 1 heterocycles. The van der Waals surface area contributed by atoms with Crippen LogP contribution in [-0.2, 0) is 4.74 Å². The van der Waals surface area contributed by atoms with Gasteiger partial charge < -0.3 is 9.64 Å². The second kappa shape index (κ2) is 3.55. The van der Waals surface area contributed by atoms with Gasteiger partial charge in [0.05, 0.1) is 0 Å². The smallest absolute Gasteiger partial charge is 0.0471 e. The first-order valence-electron chi connectivity index (χ1n) is 4.35. The van der Waals surface area contributed by atoms with Gasteiger partial charge in [-0.1, -0.05) is 6.92 Å². The molecule has 1 aliphatic heterocycles. The van der Waals surface area contributed by atoms with Crippen molar-refractivity contribution in [1.29, 1.82) is 0 Å². The largest absolute Gasteiger partial charge is 0.381 e. The van der Waals surface area contributed by atoms with E-state index >= 15 is 0 Å². The highest BCUT2D eigenvalue weighted by molar-refractivity contribution is 4.79. The Morgan fingerprint density at radius 3 is 2.27 bits per heavy atom. The molecule has 0 atom stereocenters. The molecule has 0 N–H and O–H groups in total. The molecule has 0 radical (unpaired) electrons. The van der Waals surface area contributed by atoms with E-state index in [9.17, 15) is 0 Å². The fourth-order valence-corrected chi connectivity index (χ4v) is 1.79. The predicted molar refractivity (Wildman–Crippen MR) is 46.7 cm³/mol. The van der Waals surface area contributed by atoms with Crippen molar-refractivity contribution in [2.45, 2.75) is 19.8 Å². The fourth-order valence-electron chi connectivity index (χ4n) is 1.79. The third kappa shape index (κ3) is 2.80. The van der Waals surface area contributed by atoms with E-state index in [2.05, 4.69) is 25.9 Å².